The fraction of sp³-hybridized carbons (Fsp3) is 0.176. The van der Waals surface area contributed by atoms with Crippen LogP contribution >= 0.6 is 45.9 Å². The van der Waals surface area contributed by atoms with E-state index in [4.69, 9.17) is 32.7 Å². The van der Waals surface area contributed by atoms with E-state index in [2.05, 4.69) is 19.4 Å². The number of allylic oxidation sites excluding steroid dienone is 1. The van der Waals surface area contributed by atoms with Crippen LogP contribution in [-0.2, 0) is 39.5 Å². The highest BCUT2D eigenvalue weighted by Gasteiger charge is 2.34. The number of nitrogens with zero attached hydrogens (tertiary/aromatic N) is 4. The van der Waals surface area contributed by atoms with Crippen molar-refractivity contribution in [2.24, 2.45) is 8.80 Å². The van der Waals surface area contributed by atoms with Gasteiger partial charge in [0.1, 0.15) is 23.0 Å². The quantitative estimate of drug-likeness (QED) is 0.168. The predicted octanol–water partition coefficient (Wildman–Crippen LogP) is 6.23. The van der Waals surface area contributed by atoms with Gasteiger partial charge in [0.25, 0.3) is 11.8 Å². The molecule has 296 valence electrons. The van der Waals surface area contributed by atoms with Gasteiger partial charge in [0.05, 0.1) is 57.5 Å². The van der Waals surface area contributed by atoms with Gasteiger partial charge in [0, 0.05) is 25.6 Å². The molecule has 2 aliphatic rings. The summed E-state index contributed by atoms with van der Waals surface area (Å²) < 4.78 is 96.5. The van der Waals surface area contributed by atoms with Gasteiger partial charge in [-0.2, -0.15) is 16.8 Å². The van der Waals surface area contributed by atoms with Crippen LogP contribution in [-0.4, -0.2) is 89.2 Å². The average Bonchev–Trinajstić information content (AvgIpc) is 3.89. The lowest BCUT2D eigenvalue weighted by Gasteiger charge is -2.27. The Morgan fingerprint density at radius 3 is 1.77 bits per heavy atom. The van der Waals surface area contributed by atoms with Crippen LogP contribution < -0.4 is 10.6 Å². The molecule has 2 N–H and O–H groups in total. The highest BCUT2D eigenvalue weighted by Crippen LogP contribution is 2.31. The minimum absolute atomic E-state index is 0.0501. The van der Waals surface area contributed by atoms with Crippen molar-refractivity contribution >= 4 is 107 Å². The summed E-state index contributed by atoms with van der Waals surface area (Å²) in [6, 6.07) is 14.3. The number of amides is 2. The number of ether oxygens (including phenoxy) is 2. The number of methoxy groups -OCH3 is 2. The smallest absolute Gasteiger partial charge is 0.345 e. The lowest BCUT2D eigenvalue weighted by atomic mass is 10.2. The zero-order valence-corrected chi connectivity index (χ0v) is 33.9. The molecule has 14 nitrogen and oxygen atoms in total. The summed E-state index contributed by atoms with van der Waals surface area (Å²) in [7, 11) is -5.40. The van der Waals surface area contributed by atoms with E-state index in [1.165, 1.54) is 73.3 Å². The molecule has 4 heterocycles. The first-order valence-corrected chi connectivity index (χ1v) is 21.2. The van der Waals surface area contributed by atoms with Gasteiger partial charge in [-0.05, 0) is 71.4 Å². The van der Waals surface area contributed by atoms with E-state index in [0.29, 0.717) is 15.5 Å². The molecule has 0 aliphatic carbocycles. The van der Waals surface area contributed by atoms with E-state index in [-0.39, 0.29) is 64.8 Å². The van der Waals surface area contributed by atoms with E-state index < -0.39 is 43.9 Å². The first kappa shape index (κ1) is 42.6. The van der Waals surface area contributed by atoms with Gasteiger partial charge >= 0.3 is 20.4 Å². The van der Waals surface area contributed by atoms with Crippen molar-refractivity contribution in [3.8, 4) is 0 Å². The summed E-state index contributed by atoms with van der Waals surface area (Å²) >= 11 is 14.1. The fourth-order valence-electron chi connectivity index (χ4n) is 4.85. The van der Waals surface area contributed by atoms with E-state index in [1.54, 1.807) is 35.0 Å². The first-order chi connectivity index (χ1) is 26.6. The number of anilines is 2. The molecular formula is C34H30Cl2F2N6O8S4. The fourth-order valence-corrected chi connectivity index (χ4v) is 9.14. The highest BCUT2D eigenvalue weighted by molar-refractivity contribution is 7.88. The van der Waals surface area contributed by atoms with Crippen LogP contribution in [0.15, 0.2) is 98.1 Å². The predicted molar refractivity (Wildman–Crippen MR) is 214 cm³/mol. The molecule has 0 saturated carbocycles. The zero-order valence-electron chi connectivity index (χ0n) is 29.1. The Morgan fingerprint density at radius 2 is 1.25 bits per heavy atom. The van der Waals surface area contributed by atoms with Gasteiger partial charge in [-0.1, -0.05) is 35.3 Å². The molecule has 0 unspecified atom stereocenters. The van der Waals surface area contributed by atoms with Gasteiger partial charge < -0.3 is 20.1 Å². The maximum Gasteiger partial charge on any atom is 0.345 e. The molecule has 0 atom stereocenters. The highest BCUT2D eigenvalue weighted by atomic mass is 35.5. The minimum Gasteiger partial charge on any atom is -0.383 e. The van der Waals surface area contributed by atoms with Gasteiger partial charge in [-0.25, -0.2) is 17.4 Å². The molecule has 0 bridgehead atoms. The lowest BCUT2D eigenvalue weighted by molar-refractivity contribution is -0.114. The van der Waals surface area contributed by atoms with E-state index in [1.807, 2.05) is 0 Å². The molecule has 0 radical (unpaired) electrons. The number of carbonyl (C=O) groups is 2. The second kappa shape index (κ2) is 18.6. The Hall–Kier alpha value is -4.54. The molecular weight excluding hydrogens is 858 g/mol. The van der Waals surface area contributed by atoms with Crippen molar-refractivity contribution in [2.45, 2.75) is 0 Å². The van der Waals surface area contributed by atoms with Crippen LogP contribution in [0.4, 0.5) is 20.2 Å². The Morgan fingerprint density at radius 1 is 0.732 bits per heavy atom. The first-order valence-electron chi connectivity index (χ1n) is 15.9. The molecule has 2 aliphatic heterocycles. The van der Waals surface area contributed by atoms with Crippen molar-refractivity contribution in [1.82, 2.24) is 8.61 Å². The molecule has 0 saturated heterocycles. The summed E-state index contributed by atoms with van der Waals surface area (Å²) in [5.74, 6) is -2.73. The third-order valence-electron chi connectivity index (χ3n) is 7.43. The maximum atomic E-state index is 13.3. The second-order valence-corrected chi connectivity index (χ2v) is 17.0. The largest absolute Gasteiger partial charge is 0.383 e. The van der Waals surface area contributed by atoms with Crippen molar-refractivity contribution in [3.05, 3.63) is 121 Å². The van der Waals surface area contributed by atoms with Crippen molar-refractivity contribution < 1.29 is 44.7 Å². The lowest BCUT2D eigenvalue weighted by Crippen LogP contribution is -2.40. The molecule has 2 aromatic heterocycles. The Labute approximate surface area is 338 Å². The summed E-state index contributed by atoms with van der Waals surface area (Å²) in [4.78, 5) is 26.6. The molecule has 0 spiro atoms. The molecule has 2 amide bonds. The van der Waals surface area contributed by atoms with Crippen LogP contribution in [0, 0.1) is 11.6 Å². The molecule has 0 fully saturated rings. The van der Waals surface area contributed by atoms with Crippen LogP contribution in [0.25, 0.3) is 5.70 Å². The third-order valence-corrected chi connectivity index (χ3v) is 12.5. The van der Waals surface area contributed by atoms with E-state index >= 15 is 0 Å². The number of nitrogens with one attached hydrogen (secondary N) is 2. The molecule has 4 aromatic rings. The normalized spacial score (nSPS) is 15.8. The van der Waals surface area contributed by atoms with Crippen LogP contribution in [0.1, 0.15) is 9.75 Å². The monoisotopic (exact) mass is 886 g/mol. The number of benzene rings is 2. The number of carbonyl (C=O) groups excluding carboxylic acids is 2. The molecule has 2 aromatic carbocycles. The van der Waals surface area contributed by atoms with E-state index in [9.17, 15) is 35.2 Å². The molecule has 56 heavy (non-hydrogen) atoms. The topological polar surface area (TPSA) is 176 Å². The SMILES string of the molecule is COCCN1C(C(=O)Nc2ccc(F)c(Cl)c2)=CC(c2cccs2)=NS1(=O)=O.COCCN1C(c2cccs2)=CC(C(=O)Nc2ccc(F)c(Cl)c2)=NS1(=O)=O. The summed E-state index contributed by atoms with van der Waals surface area (Å²) in [5.41, 5.74) is 0.495. The summed E-state index contributed by atoms with van der Waals surface area (Å²) in [5, 5.41) is 8.24. The number of hydrogen-bond donors (Lipinski definition) is 2. The Balaban J connectivity index is 0.000000214. The summed E-state index contributed by atoms with van der Waals surface area (Å²) in [6.45, 7) is 0.182. The zero-order chi connectivity index (χ0) is 40.6. The Bertz CT molecular complexity index is 2440. The summed E-state index contributed by atoms with van der Waals surface area (Å²) in [6.07, 6.45) is 2.78. The van der Waals surface area contributed by atoms with Crippen LogP contribution in [0.3, 0.4) is 0 Å². The molecule has 6 rings (SSSR count). The Kier molecular flexibility index (Phi) is 14.2. The van der Waals surface area contributed by atoms with Crippen molar-refractivity contribution in [1.29, 1.82) is 0 Å². The number of thiophene rings is 2. The average molecular weight is 888 g/mol. The van der Waals surface area contributed by atoms with Gasteiger partial charge in [-0.15, -0.1) is 31.5 Å². The van der Waals surface area contributed by atoms with Crippen molar-refractivity contribution in [2.75, 3.05) is 51.2 Å². The maximum absolute atomic E-state index is 13.3. The van der Waals surface area contributed by atoms with Gasteiger partial charge in [0.2, 0.25) is 0 Å². The standard InChI is InChI=1S/2C17H15ClFN3O4S2/c1-26-7-6-22-15(16-3-2-8-27-16)10-14(21-28(22,24)25)17(23)20-11-4-5-13(19)12(18)9-11;1-26-7-6-22-15(17(23)20-11-4-5-13(19)12(18)9-11)10-14(21-28(22,24)25)16-3-2-8-27-16/h2*2-5,8-10H,6-7H2,1H3,(H,20,23). The van der Waals surface area contributed by atoms with Gasteiger partial charge in [0.15, 0.2) is 0 Å². The van der Waals surface area contributed by atoms with Gasteiger partial charge in [-0.3, -0.25) is 9.59 Å². The van der Waals surface area contributed by atoms with Crippen molar-refractivity contribution in [3.63, 3.8) is 0 Å². The number of rotatable bonds is 12. The number of halogens is 4. The molecule has 22 heteroatoms. The minimum atomic E-state index is -4.14. The second-order valence-electron chi connectivity index (χ2n) is 11.2. The third kappa shape index (κ3) is 10.4. The van der Waals surface area contributed by atoms with Crippen LogP contribution in [0.5, 0.6) is 0 Å². The van der Waals surface area contributed by atoms with E-state index in [0.717, 1.165) is 20.7 Å². The number of hydrogen-bond acceptors (Lipinski definition) is 10. The van der Waals surface area contributed by atoms with Crippen LogP contribution in [0.2, 0.25) is 10.0 Å².